The van der Waals surface area contributed by atoms with E-state index in [9.17, 15) is 4.79 Å². The molecule has 1 aromatic heterocycles. The number of pyridine rings is 1. The van der Waals surface area contributed by atoms with E-state index in [0.717, 1.165) is 38.4 Å². The molecule has 1 atom stereocenters. The topological polar surface area (TPSA) is 42.4 Å². The van der Waals surface area contributed by atoms with Gasteiger partial charge in [0, 0.05) is 25.9 Å². The molecule has 0 saturated carbocycles. The Kier molecular flexibility index (Phi) is 4.31. The van der Waals surface area contributed by atoms with E-state index in [1.54, 1.807) is 19.2 Å². The molecule has 2 rings (SSSR count). The first-order chi connectivity index (χ1) is 8.72. The summed E-state index contributed by atoms with van der Waals surface area (Å²) in [6.07, 6.45) is 4.23. The zero-order valence-electron chi connectivity index (χ0n) is 11.1. The molecule has 0 spiro atoms. The van der Waals surface area contributed by atoms with Crippen molar-refractivity contribution in [1.29, 1.82) is 0 Å². The van der Waals surface area contributed by atoms with Gasteiger partial charge in [-0.05, 0) is 38.8 Å². The first-order valence-electron chi connectivity index (χ1n) is 6.55. The molecule has 0 aromatic carbocycles. The third-order valence-corrected chi connectivity index (χ3v) is 3.30. The zero-order chi connectivity index (χ0) is 13.0. The van der Waals surface area contributed by atoms with Crippen molar-refractivity contribution in [3.8, 4) is 0 Å². The summed E-state index contributed by atoms with van der Waals surface area (Å²) in [6, 6.07) is 3.64. The SMILES string of the molecule is CCN(CC1CCCO1)c1ncccc1C(C)=O. The minimum absolute atomic E-state index is 0.0592. The molecule has 0 amide bonds. The summed E-state index contributed by atoms with van der Waals surface area (Å²) in [5.74, 6) is 0.840. The third-order valence-electron chi connectivity index (χ3n) is 3.30. The maximum atomic E-state index is 11.6. The number of ether oxygens (including phenoxy) is 1. The zero-order valence-corrected chi connectivity index (χ0v) is 11.1. The molecule has 0 bridgehead atoms. The van der Waals surface area contributed by atoms with Gasteiger partial charge >= 0.3 is 0 Å². The highest BCUT2D eigenvalue weighted by atomic mass is 16.5. The van der Waals surface area contributed by atoms with Crippen molar-refractivity contribution in [2.24, 2.45) is 0 Å². The molecule has 1 saturated heterocycles. The van der Waals surface area contributed by atoms with E-state index in [4.69, 9.17) is 4.74 Å². The highest BCUT2D eigenvalue weighted by Crippen LogP contribution is 2.21. The minimum atomic E-state index is 0.0592. The Bertz CT molecular complexity index is 414. The second kappa shape index (κ2) is 5.96. The monoisotopic (exact) mass is 248 g/mol. The van der Waals surface area contributed by atoms with Gasteiger partial charge in [0.15, 0.2) is 5.78 Å². The van der Waals surface area contributed by atoms with Crippen molar-refractivity contribution in [1.82, 2.24) is 4.98 Å². The molecule has 1 aromatic rings. The number of anilines is 1. The molecule has 2 heterocycles. The molecule has 0 N–H and O–H groups in total. The molecule has 1 aliphatic heterocycles. The molecule has 4 nitrogen and oxygen atoms in total. The highest BCUT2D eigenvalue weighted by molar-refractivity contribution is 5.98. The quantitative estimate of drug-likeness (QED) is 0.750. The Morgan fingerprint density at radius 3 is 3.06 bits per heavy atom. The number of aromatic nitrogens is 1. The molecule has 98 valence electrons. The smallest absolute Gasteiger partial charge is 0.163 e. The maximum absolute atomic E-state index is 11.6. The number of ketones is 1. The van der Waals surface area contributed by atoms with Crippen molar-refractivity contribution in [3.63, 3.8) is 0 Å². The van der Waals surface area contributed by atoms with Crippen LogP contribution in [0.25, 0.3) is 0 Å². The molecular formula is C14H20N2O2. The minimum Gasteiger partial charge on any atom is -0.376 e. The van der Waals surface area contributed by atoms with Gasteiger partial charge in [-0.3, -0.25) is 4.79 Å². The fraction of sp³-hybridized carbons (Fsp3) is 0.571. The molecule has 1 unspecified atom stereocenters. The van der Waals surface area contributed by atoms with Crippen molar-refractivity contribution >= 4 is 11.6 Å². The van der Waals surface area contributed by atoms with Crippen molar-refractivity contribution in [2.75, 3.05) is 24.6 Å². The lowest BCUT2D eigenvalue weighted by Crippen LogP contribution is -2.33. The summed E-state index contributed by atoms with van der Waals surface area (Å²) in [7, 11) is 0. The predicted octanol–water partition coefficient (Wildman–Crippen LogP) is 2.29. The second-order valence-electron chi connectivity index (χ2n) is 4.60. The summed E-state index contributed by atoms with van der Waals surface area (Å²) in [6.45, 7) is 6.16. The lowest BCUT2D eigenvalue weighted by Gasteiger charge is -2.26. The predicted molar refractivity (Wildman–Crippen MR) is 71.1 cm³/mol. The first-order valence-corrected chi connectivity index (χ1v) is 6.55. The van der Waals surface area contributed by atoms with Gasteiger partial charge in [0.2, 0.25) is 0 Å². The van der Waals surface area contributed by atoms with E-state index in [-0.39, 0.29) is 11.9 Å². The largest absolute Gasteiger partial charge is 0.376 e. The average Bonchev–Trinajstić information content (AvgIpc) is 2.88. The molecule has 0 radical (unpaired) electrons. The van der Waals surface area contributed by atoms with Crippen LogP contribution in [-0.4, -0.2) is 36.6 Å². The van der Waals surface area contributed by atoms with Crippen LogP contribution in [0.2, 0.25) is 0 Å². The van der Waals surface area contributed by atoms with Crippen LogP contribution in [0, 0.1) is 0 Å². The van der Waals surface area contributed by atoms with Gasteiger partial charge < -0.3 is 9.64 Å². The van der Waals surface area contributed by atoms with Gasteiger partial charge in [0.1, 0.15) is 5.82 Å². The fourth-order valence-electron chi connectivity index (χ4n) is 2.32. The molecule has 1 fully saturated rings. The van der Waals surface area contributed by atoms with E-state index in [2.05, 4.69) is 16.8 Å². The Balaban J connectivity index is 2.18. The van der Waals surface area contributed by atoms with Gasteiger partial charge in [-0.25, -0.2) is 4.98 Å². The Hall–Kier alpha value is -1.42. The Labute approximate surface area is 108 Å². The summed E-state index contributed by atoms with van der Waals surface area (Å²) in [4.78, 5) is 18.1. The van der Waals surface area contributed by atoms with Crippen LogP contribution in [0.5, 0.6) is 0 Å². The van der Waals surface area contributed by atoms with Crippen LogP contribution < -0.4 is 4.90 Å². The third kappa shape index (κ3) is 2.88. The highest BCUT2D eigenvalue weighted by Gasteiger charge is 2.21. The summed E-state index contributed by atoms with van der Waals surface area (Å²) < 4.78 is 5.65. The number of carbonyl (C=O) groups is 1. The van der Waals surface area contributed by atoms with Gasteiger partial charge in [0.05, 0.1) is 11.7 Å². The number of nitrogens with zero attached hydrogens (tertiary/aromatic N) is 2. The fourth-order valence-corrected chi connectivity index (χ4v) is 2.32. The molecule has 4 heteroatoms. The number of likely N-dealkylation sites (N-methyl/N-ethyl adjacent to an activating group) is 1. The average molecular weight is 248 g/mol. The molecule has 1 aliphatic rings. The Morgan fingerprint density at radius 2 is 2.44 bits per heavy atom. The van der Waals surface area contributed by atoms with E-state index < -0.39 is 0 Å². The standard InChI is InChI=1S/C14H20N2O2/c1-3-16(10-12-6-5-9-18-12)14-13(11(2)17)7-4-8-15-14/h4,7-8,12H,3,5-6,9-10H2,1-2H3. The number of hydrogen-bond acceptors (Lipinski definition) is 4. The molecule has 0 aliphatic carbocycles. The Morgan fingerprint density at radius 1 is 1.61 bits per heavy atom. The lowest BCUT2D eigenvalue weighted by atomic mass is 10.1. The summed E-state index contributed by atoms with van der Waals surface area (Å²) in [5.41, 5.74) is 0.692. The first kappa shape index (κ1) is 13.0. The van der Waals surface area contributed by atoms with Crippen molar-refractivity contribution in [3.05, 3.63) is 23.9 Å². The number of Topliss-reactive ketones (excluding diaryl/α,β-unsaturated/α-hetero) is 1. The van der Waals surface area contributed by atoms with Gasteiger partial charge in [-0.15, -0.1) is 0 Å². The summed E-state index contributed by atoms with van der Waals surface area (Å²) in [5, 5.41) is 0. The molecular weight excluding hydrogens is 228 g/mol. The van der Waals surface area contributed by atoms with Crippen LogP contribution in [-0.2, 0) is 4.74 Å². The normalized spacial score (nSPS) is 18.9. The van der Waals surface area contributed by atoms with E-state index in [1.165, 1.54) is 0 Å². The van der Waals surface area contributed by atoms with E-state index >= 15 is 0 Å². The van der Waals surface area contributed by atoms with Crippen molar-refractivity contribution in [2.45, 2.75) is 32.8 Å². The second-order valence-corrected chi connectivity index (χ2v) is 4.60. The number of carbonyl (C=O) groups excluding carboxylic acids is 1. The van der Waals surface area contributed by atoms with Crippen LogP contribution in [0.3, 0.4) is 0 Å². The van der Waals surface area contributed by atoms with Crippen LogP contribution >= 0.6 is 0 Å². The number of hydrogen-bond donors (Lipinski definition) is 0. The lowest BCUT2D eigenvalue weighted by molar-refractivity contribution is 0.101. The van der Waals surface area contributed by atoms with Gasteiger partial charge in [-0.2, -0.15) is 0 Å². The van der Waals surface area contributed by atoms with Gasteiger partial charge in [0.25, 0.3) is 0 Å². The van der Waals surface area contributed by atoms with Crippen molar-refractivity contribution < 1.29 is 9.53 Å². The van der Waals surface area contributed by atoms with E-state index in [1.807, 2.05) is 6.07 Å². The molecule has 18 heavy (non-hydrogen) atoms. The maximum Gasteiger partial charge on any atom is 0.163 e. The van der Waals surface area contributed by atoms with Crippen LogP contribution in [0.4, 0.5) is 5.82 Å². The van der Waals surface area contributed by atoms with Gasteiger partial charge in [-0.1, -0.05) is 0 Å². The van der Waals surface area contributed by atoms with E-state index in [0.29, 0.717) is 5.56 Å². The number of rotatable bonds is 5. The summed E-state index contributed by atoms with van der Waals surface area (Å²) >= 11 is 0. The van der Waals surface area contributed by atoms with Crippen LogP contribution in [0.15, 0.2) is 18.3 Å². The van der Waals surface area contributed by atoms with Crippen LogP contribution in [0.1, 0.15) is 37.0 Å².